The van der Waals surface area contributed by atoms with E-state index in [2.05, 4.69) is 15.4 Å². The molecule has 3 heterocycles. The zero-order valence-corrected chi connectivity index (χ0v) is 18.0. The van der Waals surface area contributed by atoms with Crippen molar-refractivity contribution in [2.24, 2.45) is 0 Å². The van der Waals surface area contributed by atoms with Gasteiger partial charge >= 0.3 is 0 Å². The molecular weight excluding hydrogens is 405 g/mol. The Morgan fingerprint density at radius 3 is 2.84 bits per heavy atom. The van der Waals surface area contributed by atoms with Crippen molar-refractivity contribution < 1.29 is 9.13 Å². The lowest BCUT2D eigenvalue weighted by Crippen LogP contribution is -2.18. The molecular formula is C25H24FN5O. The Hall–Kier alpha value is -3.74. The van der Waals surface area contributed by atoms with Crippen LogP contribution in [0.1, 0.15) is 35.8 Å². The lowest BCUT2D eigenvalue weighted by atomic mass is 9.91. The molecule has 4 aromatic rings. The third-order valence-electron chi connectivity index (χ3n) is 5.79. The number of ether oxygens (including phenoxy) is 1. The van der Waals surface area contributed by atoms with Gasteiger partial charge in [-0.1, -0.05) is 12.1 Å². The van der Waals surface area contributed by atoms with Gasteiger partial charge in [-0.25, -0.2) is 9.07 Å². The molecule has 0 fully saturated rings. The van der Waals surface area contributed by atoms with E-state index in [1.54, 1.807) is 25.4 Å². The lowest BCUT2D eigenvalue weighted by molar-refractivity contribution is 0.416. The number of hydrogen-bond acceptors (Lipinski definition) is 5. The maximum Gasteiger partial charge on any atom is 0.246 e. The number of nitrogens with zero attached hydrogens (tertiary/aromatic N) is 4. The van der Waals surface area contributed by atoms with Crippen LogP contribution in [0.5, 0.6) is 5.75 Å². The van der Waals surface area contributed by atoms with Gasteiger partial charge in [0.25, 0.3) is 0 Å². The largest absolute Gasteiger partial charge is 0.496 e. The summed E-state index contributed by atoms with van der Waals surface area (Å²) in [7, 11) is 1.66. The van der Waals surface area contributed by atoms with E-state index in [0.717, 1.165) is 59.0 Å². The molecule has 7 heteroatoms. The second kappa shape index (κ2) is 8.42. The summed E-state index contributed by atoms with van der Waals surface area (Å²) in [5.41, 5.74) is 4.76. The van der Waals surface area contributed by atoms with Crippen LogP contribution in [-0.2, 0) is 6.54 Å². The first kappa shape index (κ1) is 20.2. The van der Waals surface area contributed by atoms with Gasteiger partial charge in [-0.3, -0.25) is 4.98 Å². The van der Waals surface area contributed by atoms with Crippen LogP contribution < -0.4 is 10.1 Å². The molecule has 0 saturated heterocycles. The SMILES string of the molecule is COc1cc(Nc2nc3n(n2)CCCC3c2cccc(F)c2)ccc1-c1ccnc(C)c1. The van der Waals surface area contributed by atoms with Gasteiger partial charge in [0.1, 0.15) is 17.4 Å². The lowest BCUT2D eigenvalue weighted by Gasteiger charge is -2.22. The maximum absolute atomic E-state index is 13.8. The zero-order valence-electron chi connectivity index (χ0n) is 18.0. The van der Waals surface area contributed by atoms with Crippen molar-refractivity contribution in [3.8, 4) is 16.9 Å². The van der Waals surface area contributed by atoms with E-state index >= 15 is 0 Å². The molecule has 0 saturated carbocycles. The van der Waals surface area contributed by atoms with E-state index in [4.69, 9.17) is 9.72 Å². The average molecular weight is 429 g/mol. The van der Waals surface area contributed by atoms with Gasteiger partial charge < -0.3 is 10.1 Å². The smallest absolute Gasteiger partial charge is 0.246 e. The quantitative estimate of drug-likeness (QED) is 0.456. The average Bonchev–Trinajstić information content (AvgIpc) is 3.21. The normalized spacial score (nSPS) is 15.3. The highest BCUT2D eigenvalue weighted by Crippen LogP contribution is 2.35. The van der Waals surface area contributed by atoms with E-state index in [9.17, 15) is 4.39 Å². The summed E-state index contributed by atoms with van der Waals surface area (Å²) < 4.78 is 21.3. The monoisotopic (exact) mass is 429 g/mol. The number of methoxy groups -OCH3 is 1. The first-order valence-corrected chi connectivity index (χ1v) is 10.7. The van der Waals surface area contributed by atoms with Crippen molar-refractivity contribution >= 4 is 11.6 Å². The van der Waals surface area contributed by atoms with Gasteiger partial charge in [0.15, 0.2) is 0 Å². The van der Waals surface area contributed by atoms with Gasteiger partial charge in [0.05, 0.1) is 7.11 Å². The van der Waals surface area contributed by atoms with E-state index in [0.29, 0.717) is 5.95 Å². The Morgan fingerprint density at radius 2 is 2.03 bits per heavy atom. The van der Waals surface area contributed by atoms with Crippen LogP contribution >= 0.6 is 0 Å². The van der Waals surface area contributed by atoms with E-state index < -0.39 is 0 Å². The molecule has 0 spiro atoms. The highest BCUT2D eigenvalue weighted by atomic mass is 19.1. The van der Waals surface area contributed by atoms with Gasteiger partial charge in [0.2, 0.25) is 5.95 Å². The number of nitrogens with one attached hydrogen (secondary N) is 1. The molecule has 5 rings (SSSR count). The molecule has 6 nitrogen and oxygen atoms in total. The van der Waals surface area contributed by atoms with Crippen LogP contribution in [0, 0.1) is 12.7 Å². The Balaban J connectivity index is 1.43. The zero-order chi connectivity index (χ0) is 22.1. The molecule has 32 heavy (non-hydrogen) atoms. The summed E-state index contributed by atoms with van der Waals surface area (Å²) in [4.78, 5) is 9.02. The Bertz CT molecular complexity index is 1270. The molecule has 1 aliphatic rings. The first-order chi connectivity index (χ1) is 15.6. The second-order valence-corrected chi connectivity index (χ2v) is 7.99. The summed E-state index contributed by atoms with van der Waals surface area (Å²) >= 11 is 0. The molecule has 0 amide bonds. The minimum absolute atomic E-state index is 0.0364. The number of halogens is 1. The molecule has 2 aromatic heterocycles. The highest BCUT2D eigenvalue weighted by molar-refractivity contribution is 5.74. The van der Waals surface area contributed by atoms with Crippen LogP contribution in [0.3, 0.4) is 0 Å². The standard InChI is InChI=1S/C25H24FN5O/c1-16-13-18(10-11-27-16)21-9-8-20(15-23(21)32-2)28-25-29-24-22(7-4-12-31(24)30-25)17-5-3-6-19(26)14-17/h3,5-6,8-11,13-15,22H,4,7,12H2,1-2H3,(H,28,30). The van der Waals surface area contributed by atoms with Crippen molar-refractivity contribution in [3.05, 3.63) is 83.7 Å². The van der Waals surface area contributed by atoms with Crippen LogP contribution in [0.25, 0.3) is 11.1 Å². The van der Waals surface area contributed by atoms with Gasteiger partial charge in [0, 0.05) is 41.7 Å². The van der Waals surface area contributed by atoms with Gasteiger partial charge in [-0.2, -0.15) is 4.98 Å². The third kappa shape index (κ3) is 3.93. The Labute approximate surface area is 186 Å². The predicted octanol–water partition coefficient (Wildman–Crippen LogP) is 5.47. The molecule has 0 bridgehead atoms. The first-order valence-electron chi connectivity index (χ1n) is 10.7. The number of rotatable bonds is 5. The number of aromatic nitrogens is 4. The molecule has 0 radical (unpaired) electrons. The minimum Gasteiger partial charge on any atom is -0.496 e. The molecule has 1 aliphatic heterocycles. The Kier molecular flexibility index (Phi) is 5.31. The molecule has 1 unspecified atom stereocenters. The van der Waals surface area contributed by atoms with E-state index in [1.807, 2.05) is 48.0 Å². The summed E-state index contributed by atoms with van der Waals surface area (Å²) in [6, 6.07) is 16.7. The van der Waals surface area contributed by atoms with Crippen molar-refractivity contribution in [1.29, 1.82) is 0 Å². The number of fused-ring (bicyclic) bond motifs is 1. The Morgan fingerprint density at radius 1 is 1.12 bits per heavy atom. The fourth-order valence-electron chi connectivity index (χ4n) is 4.29. The summed E-state index contributed by atoms with van der Waals surface area (Å²) in [6.45, 7) is 2.77. The number of anilines is 2. The molecule has 162 valence electrons. The molecule has 1 N–H and O–H groups in total. The predicted molar refractivity (Wildman–Crippen MR) is 122 cm³/mol. The minimum atomic E-state index is -0.228. The number of hydrogen-bond donors (Lipinski definition) is 1. The number of aryl methyl sites for hydroxylation is 2. The topological polar surface area (TPSA) is 64.9 Å². The second-order valence-electron chi connectivity index (χ2n) is 7.99. The van der Waals surface area contributed by atoms with Crippen LogP contribution in [-0.4, -0.2) is 26.9 Å². The summed E-state index contributed by atoms with van der Waals surface area (Å²) in [6.07, 6.45) is 3.70. The van der Waals surface area contributed by atoms with Gasteiger partial charge in [-0.05, 0) is 67.3 Å². The molecule has 1 atom stereocenters. The van der Waals surface area contributed by atoms with Crippen LogP contribution in [0.15, 0.2) is 60.8 Å². The molecule has 0 aliphatic carbocycles. The van der Waals surface area contributed by atoms with Crippen LogP contribution in [0.2, 0.25) is 0 Å². The van der Waals surface area contributed by atoms with Crippen molar-refractivity contribution in [3.63, 3.8) is 0 Å². The van der Waals surface area contributed by atoms with Crippen molar-refractivity contribution in [2.45, 2.75) is 32.2 Å². The van der Waals surface area contributed by atoms with Crippen molar-refractivity contribution in [2.75, 3.05) is 12.4 Å². The summed E-state index contributed by atoms with van der Waals surface area (Å²) in [5.74, 6) is 1.95. The summed E-state index contributed by atoms with van der Waals surface area (Å²) in [5, 5.41) is 7.94. The molecule has 2 aromatic carbocycles. The van der Waals surface area contributed by atoms with Gasteiger partial charge in [-0.15, -0.1) is 5.10 Å². The van der Waals surface area contributed by atoms with Crippen LogP contribution in [0.4, 0.5) is 16.0 Å². The third-order valence-corrected chi connectivity index (χ3v) is 5.79. The highest BCUT2D eigenvalue weighted by Gasteiger charge is 2.26. The van der Waals surface area contributed by atoms with E-state index in [1.165, 1.54) is 6.07 Å². The fourth-order valence-corrected chi connectivity index (χ4v) is 4.29. The number of benzene rings is 2. The fraction of sp³-hybridized carbons (Fsp3) is 0.240. The van der Waals surface area contributed by atoms with E-state index in [-0.39, 0.29) is 11.7 Å². The maximum atomic E-state index is 13.8. The number of pyridine rings is 1. The van der Waals surface area contributed by atoms with Crippen molar-refractivity contribution in [1.82, 2.24) is 19.7 Å².